The normalized spacial score (nSPS) is 18.7. The smallest absolute Gasteiger partial charge is 0.278 e. The number of hydrogen-bond acceptors (Lipinski definition) is 6. The Bertz CT molecular complexity index is 801. The third kappa shape index (κ3) is 2.09. The number of nitrogens with zero attached hydrogens (tertiary/aromatic N) is 5. The first-order chi connectivity index (χ1) is 10.2. The standard InChI is InChI=1S/C14H15N5O2/c1-8-5-9(2)19-12(15-8)6-11(17-19)14-16-13(18-21-14)10-3-4-20-7-10/h5-6,10H,3-4,7H2,1-2H3/t10-/m0/s1. The zero-order chi connectivity index (χ0) is 14.4. The predicted octanol–water partition coefficient (Wildman–Crippen LogP) is 1.90. The summed E-state index contributed by atoms with van der Waals surface area (Å²) < 4.78 is 12.5. The molecule has 0 amide bonds. The Kier molecular flexibility index (Phi) is 2.75. The minimum atomic E-state index is 0.224. The summed E-state index contributed by atoms with van der Waals surface area (Å²) in [5.74, 6) is 1.35. The molecular weight excluding hydrogens is 270 g/mol. The van der Waals surface area contributed by atoms with Crippen molar-refractivity contribution in [2.24, 2.45) is 0 Å². The van der Waals surface area contributed by atoms with Gasteiger partial charge in [-0.15, -0.1) is 0 Å². The van der Waals surface area contributed by atoms with Gasteiger partial charge < -0.3 is 9.26 Å². The minimum absolute atomic E-state index is 0.224. The molecule has 21 heavy (non-hydrogen) atoms. The summed E-state index contributed by atoms with van der Waals surface area (Å²) in [5.41, 5.74) is 3.41. The van der Waals surface area contributed by atoms with Crippen LogP contribution < -0.4 is 0 Å². The molecule has 0 aromatic carbocycles. The lowest BCUT2D eigenvalue weighted by molar-refractivity contribution is 0.192. The molecule has 108 valence electrons. The van der Waals surface area contributed by atoms with Gasteiger partial charge in [0.15, 0.2) is 17.2 Å². The van der Waals surface area contributed by atoms with Crippen molar-refractivity contribution in [2.45, 2.75) is 26.2 Å². The van der Waals surface area contributed by atoms with Crippen LogP contribution >= 0.6 is 0 Å². The molecule has 0 spiro atoms. The van der Waals surface area contributed by atoms with E-state index in [-0.39, 0.29) is 5.92 Å². The molecule has 0 unspecified atom stereocenters. The van der Waals surface area contributed by atoms with Gasteiger partial charge in [-0.2, -0.15) is 10.1 Å². The molecule has 1 fully saturated rings. The molecule has 4 heterocycles. The van der Waals surface area contributed by atoms with E-state index in [0.29, 0.717) is 24.0 Å². The third-order valence-electron chi connectivity index (χ3n) is 3.69. The van der Waals surface area contributed by atoms with Gasteiger partial charge in [0, 0.05) is 30.0 Å². The Hall–Kier alpha value is -2.28. The van der Waals surface area contributed by atoms with Crippen molar-refractivity contribution in [1.29, 1.82) is 0 Å². The van der Waals surface area contributed by atoms with Gasteiger partial charge >= 0.3 is 0 Å². The second-order valence-corrected chi connectivity index (χ2v) is 5.36. The summed E-state index contributed by atoms with van der Waals surface area (Å²) in [6, 6.07) is 3.85. The van der Waals surface area contributed by atoms with E-state index < -0.39 is 0 Å². The van der Waals surface area contributed by atoms with Crippen LogP contribution in [-0.4, -0.2) is 38.0 Å². The Morgan fingerprint density at radius 3 is 2.95 bits per heavy atom. The number of ether oxygens (including phenoxy) is 1. The SMILES string of the molecule is Cc1cc(C)n2nc(-c3nc([C@H]4CCOC4)no3)cc2n1. The summed E-state index contributed by atoms with van der Waals surface area (Å²) in [6.45, 7) is 5.37. The molecule has 0 aliphatic carbocycles. The highest BCUT2D eigenvalue weighted by Crippen LogP contribution is 2.25. The largest absolute Gasteiger partial charge is 0.381 e. The third-order valence-corrected chi connectivity index (χ3v) is 3.69. The lowest BCUT2D eigenvalue weighted by Crippen LogP contribution is -1.99. The van der Waals surface area contributed by atoms with Crippen LogP contribution in [0.25, 0.3) is 17.2 Å². The van der Waals surface area contributed by atoms with E-state index in [1.807, 2.05) is 26.0 Å². The number of fused-ring (bicyclic) bond motifs is 1. The van der Waals surface area contributed by atoms with Crippen molar-refractivity contribution in [1.82, 2.24) is 24.7 Å². The molecule has 3 aromatic rings. The van der Waals surface area contributed by atoms with Gasteiger partial charge in [0.2, 0.25) is 0 Å². The van der Waals surface area contributed by atoms with E-state index in [1.54, 1.807) is 4.52 Å². The molecule has 3 aromatic heterocycles. The quantitative estimate of drug-likeness (QED) is 0.715. The highest BCUT2D eigenvalue weighted by Gasteiger charge is 2.24. The fraction of sp³-hybridized carbons (Fsp3) is 0.429. The maximum atomic E-state index is 5.35. The minimum Gasteiger partial charge on any atom is -0.381 e. The van der Waals surface area contributed by atoms with Crippen LogP contribution in [0.2, 0.25) is 0 Å². The molecule has 0 saturated carbocycles. The molecule has 0 radical (unpaired) electrons. The average molecular weight is 285 g/mol. The van der Waals surface area contributed by atoms with Gasteiger partial charge in [-0.25, -0.2) is 9.50 Å². The molecule has 1 saturated heterocycles. The van der Waals surface area contributed by atoms with E-state index in [0.717, 1.165) is 30.1 Å². The van der Waals surface area contributed by atoms with Crippen LogP contribution in [0, 0.1) is 13.8 Å². The van der Waals surface area contributed by atoms with E-state index in [1.165, 1.54) is 0 Å². The molecule has 1 aliphatic heterocycles. The molecule has 1 atom stereocenters. The number of hydrogen-bond donors (Lipinski definition) is 0. The molecule has 7 nitrogen and oxygen atoms in total. The molecule has 1 aliphatic rings. The fourth-order valence-electron chi connectivity index (χ4n) is 2.63. The molecule has 7 heteroatoms. The Balaban J connectivity index is 1.74. The van der Waals surface area contributed by atoms with Crippen LogP contribution in [0.1, 0.15) is 29.6 Å². The van der Waals surface area contributed by atoms with Crippen molar-refractivity contribution in [3.05, 3.63) is 29.3 Å². The van der Waals surface area contributed by atoms with Crippen molar-refractivity contribution in [3.63, 3.8) is 0 Å². The molecule has 4 rings (SSSR count). The van der Waals surface area contributed by atoms with Crippen molar-refractivity contribution < 1.29 is 9.26 Å². The first-order valence-corrected chi connectivity index (χ1v) is 6.96. The van der Waals surface area contributed by atoms with Crippen molar-refractivity contribution in [2.75, 3.05) is 13.2 Å². The van der Waals surface area contributed by atoms with E-state index in [9.17, 15) is 0 Å². The van der Waals surface area contributed by atoms with Gasteiger partial charge in [0.1, 0.15) is 0 Å². The van der Waals surface area contributed by atoms with Crippen molar-refractivity contribution in [3.8, 4) is 11.6 Å². The zero-order valence-corrected chi connectivity index (χ0v) is 11.9. The van der Waals surface area contributed by atoms with Crippen LogP contribution in [0.15, 0.2) is 16.7 Å². The van der Waals surface area contributed by atoms with Crippen LogP contribution in [-0.2, 0) is 4.74 Å². The Labute approximate surface area is 120 Å². The van der Waals surface area contributed by atoms with E-state index >= 15 is 0 Å². The predicted molar refractivity (Wildman–Crippen MR) is 73.9 cm³/mol. The highest BCUT2D eigenvalue weighted by atomic mass is 16.5. The summed E-state index contributed by atoms with van der Waals surface area (Å²) in [5, 5.41) is 8.54. The first-order valence-electron chi connectivity index (χ1n) is 6.96. The molecular formula is C14H15N5O2. The lowest BCUT2D eigenvalue weighted by Gasteiger charge is -1.98. The highest BCUT2D eigenvalue weighted by molar-refractivity contribution is 5.56. The van der Waals surface area contributed by atoms with E-state index in [2.05, 4.69) is 20.2 Å². The summed E-state index contributed by atoms with van der Waals surface area (Å²) in [6.07, 6.45) is 0.935. The number of rotatable bonds is 2. The zero-order valence-electron chi connectivity index (χ0n) is 11.9. The van der Waals surface area contributed by atoms with Gasteiger partial charge in [0.25, 0.3) is 5.89 Å². The van der Waals surface area contributed by atoms with E-state index in [4.69, 9.17) is 9.26 Å². The summed E-state index contributed by atoms with van der Waals surface area (Å²) >= 11 is 0. The monoisotopic (exact) mass is 285 g/mol. The topological polar surface area (TPSA) is 78.3 Å². The molecule has 0 N–H and O–H groups in total. The summed E-state index contributed by atoms with van der Waals surface area (Å²) in [4.78, 5) is 8.91. The van der Waals surface area contributed by atoms with Gasteiger partial charge in [-0.3, -0.25) is 0 Å². The lowest BCUT2D eigenvalue weighted by atomic mass is 10.1. The maximum absolute atomic E-state index is 5.35. The van der Waals surface area contributed by atoms with Gasteiger partial charge in [-0.1, -0.05) is 5.16 Å². The number of aryl methyl sites for hydroxylation is 2. The van der Waals surface area contributed by atoms with Gasteiger partial charge in [-0.05, 0) is 26.3 Å². The second-order valence-electron chi connectivity index (χ2n) is 5.36. The second kappa shape index (κ2) is 4.63. The molecule has 0 bridgehead atoms. The Morgan fingerprint density at radius 1 is 1.24 bits per heavy atom. The van der Waals surface area contributed by atoms with Crippen LogP contribution in [0.5, 0.6) is 0 Å². The Morgan fingerprint density at radius 2 is 2.14 bits per heavy atom. The summed E-state index contributed by atoms with van der Waals surface area (Å²) in [7, 11) is 0. The fourth-order valence-corrected chi connectivity index (χ4v) is 2.63. The van der Waals surface area contributed by atoms with Gasteiger partial charge in [0.05, 0.1) is 6.61 Å². The number of aromatic nitrogens is 5. The van der Waals surface area contributed by atoms with Crippen LogP contribution in [0.4, 0.5) is 0 Å². The van der Waals surface area contributed by atoms with Crippen molar-refractivity contribution >= 4 is 5.65 Å². The van der Waals surface area contributed by atoms with Crippen LogP contribution in [0.3, 0.4) is 0 Å². The first kappa shape index (κ1) is 12.5. The average Bonchev–Trinajstić information content (AvgIpc) is 3.18. The maximum Gasteiger partial charge on any atom is 0.278 e.